The summed E-state index contributed by atoms with van der Waals surface area (Å²) >= 11 is 0. The van der Waals surface area contributed by atoms with E-state index >= 15 is 0 Å². The Bertz CT molecular complexity index is 740. The predicted octanol–water partition coefficient (Wildman–Crippen LogP) is 3.01. The van der Waals surface area contributed by atoms with Gasteiger partial charge in [0.1, 0.15) is 11.5 Å². The van der Waals surface area contributed by atoms with Crippen molar-refractivity contribution in [2.75, 3.05) is 0 Å². The van der Waals surface area contributed by atoms with E-state index in [9.17, 15) is 18.4 Å². The summed E-state index contributed by atoms with van der Waals surface area (Å²) in [7, 11) is 0. The molecule has 0 aromatic heterocycles. The molecule has 24 heavy (non-hydrogen) atoms. The van der Waals surface area contributed by atoms with Gasteiger partial charge in [-0.25, -0.2) is 4.79 Å². The van der Waals surface area contributed by atoms with Crippen molar-refractivity contribution in [3.8, 4) is 11.5 Å². The first kappa shape index (κ1) is 17.1. The van der Waals surface area contributed by atoms with E-state index < -0.39 is 18.5 Å². The number of halogens is 2. The zero-order chi connectivity index (χ0) is 17.5. The van der Waals surface area contributed by atoms with E-state index in [1.807, 2.05) is 0 Å². The van der Waals surface area contributed by atoms with Crippen LogP contribution in [0, 0.1) is 0 Å². The van der Waals surface area contributed by atoms with E-state index in [2.05, 4.69) is 4.74 Å². The maximum absolute atomic E-state index is 12.0. The maximum Gasteiger partial charge on any atom is 0.387 e. The van der Waals surface area contributed by atoms with Crippen LogP contribution in [0.15, 0.2) is 54.6 Å². The highest BCUT2D eigenvalue weighted by Crippen LogP contribution is 2.16. The van der Waals surface area contributed by atoms with Gasteiger partial charge in [0.25, 0.3) is 0 Å². The van der Waals surface area contributed by atoms with Crippen molar-refractivity contribution in [1.29, 1.82) is 0 Å². The van der Waals surface area contributed by atoms with E-state index in [0.29, 0.717) is 11.1 Å². The second kappa shape index (κ2) is 7.87. The third kappa shape index (κ3) is 5.20. The standard InChI is InChI=1S/C17H13F2NO4/c18-17(19)24-14-6-1-11(2-7-14)3-10-15(21)23-13-8-4-12(5-9-13)16(20)22/h1-10,17H,(H2,20,22)/b10-3+. The van der Waals surface area contributed by atoms with Crippen LogP contribution in [0.5, 0.6) is 11.5 Å². The summed E-state index contributed by atoms with van der Waals surface area (Å²) in [5, 5.41) is 0. The van der Waals surface area contributed by atoms with Crippen LogP contribution in [0.1, 0.15) is 15.9 Å². The van der Waals surface area contributed by atoms with Gasteiger partial charge < -0.3 is 15.2 Å². The lowest BCUT2D eigenvalue weighted by Crippen LogP contribution is -2.10. The van der Waals surface area contributed by atoms with E-state index in [-0.39, 0.29) is 11.5 Å². The Kier molecular flexibility index (Phi) is 5.62. The van der Waals surface area contributed by atoms with E-state index in [1.54, 1.807) is 0 Å². The fraction of sp³-hybridized carbons (Fsp3) is 0.0588. The lowest BCUT2D eigenvalue weighted by molar-refractivity contribution is -0.128. The van der Waals surface area contributed by atoms with E-state index in [4.69, 9.17) is 10.5 Å². The summed E-state index contributed by atoms with van der Waals surface area (Å²) in [4.78, 5) is 22.6. The van der Waals surface area contributed by atoms with Crippen LogP contribution in [0.25, 0.3) is 6.08 Å². The average Bonchev–Trinajstić information content (AvgIpc) is 2.54. The summed E-state index contributed by atoms with van der Waals surface area (Å²) in [5.74, 6) is -0.920. The Hall–Kier alpha value is -3.22. The first-order valence-corrected chi connectivity index (χ1v) is 6.78. The number of rotatable bonds is 6. The minimum absolute atomic E-state index is 0.0271. The van der Waals surface area contributed by atoms with Gasteiger partial charge in [-0.3, -0.25) is 4.79 Å². The molecule has 124 valence electrons. The number of ether oxygens (including phenoxy) is 2. The van der Waals surface area contributed by atoms with Gasteiger partial charge in [-0.1, -0.05) is 12.1 Å². The first-order valence-electron chi connectivity index (χ1n) is 6.78. The van der Waals surface area contributed by atoms with Gasteiger partial charge in [0.2, 0.25) is 5.91 Å². The van der Waals surface area contributed by atoms with Gasteiger partial charge in [0.15, 0.2) is 0 Å². The zero-order valence-corrected chi connectivity index (χ0v) is 12.3. The molecule has 0 fully saturated rings. The van der Waals surface area contributed by atoms with Crippen LogP contribution in [0.2, 0.25) is 0 Å². The van der Waals surface area contributed by atoms with E-state index in [1.165, 1.54) is 60.7 Å². The minimum atomic E-state index is -2.89. The maximum atomic E-state index is 12.0. The number of hydrogen-bond donors (Lipinski definition) is 1. The van der Waals surface area contributed by atoms with Crippen LogP contribution < -0.4 is 15.2 Å². The molecule has 2 aromatic rings. The van der Waals surface area contributed by atoms with Crippen molar-refractivity contribution < 1.29 is 27.8 Å². The van der Waals surface area contributed by atoms with E-state index in [0.717, 1.165) is 0 Å². The van der Waals surface area contributed by atoms with Gasteiger partial charge in [0.05, 0.1) is 0 Å². The molecule has 5 nitrogen and oxygen atoms in total. The van der Waals surface area contributed by atoms with Gasteiger partial charge in [-0.2, -0.15) is 8.78 Å². The lowest BCUT2D eigenvalue weighted by Gasteiger charge is -2.04. The molecule has 0 radical (unpaired) electrons. The van der Waals surface area contributed by atoms with Crippen molar-refractivity contribution >= 4 is 18.0 Å². The SMILES string of the molecule is NC(=O)c1ccc(OC(=O)/C=C/c2ccc(OC(F)F)cc2)cc1. The topological polar surface area (TPSA) is 78.6 Å². The van der Waals surface area contributed by atoms with Crippen LogP contribution in [-0.4, -0.2) is 18.5 Å². The normalized spacial score (nSPS) is 10.8. The van der Waals surface area contributed by atoms with Gasteiger partial charge in [-0.15, -0.1) is 0 Å². The fourth-order valence-electron chi connectivity index (χ4n) is 1.76. The number of carbonyl (C=O) groups excluding carboxylic acids is 2. The number of nitrogens with two attached hydrogens (primary N) is 1. The van der Waals surface area contributed by atoms with Gasteiger partial charge in [-0.05, 0) is 48.0 Å². The predicted molar refractivity (Wildman–Crippen MR) is 82.7 cm³/mol. The minimum Gasteiger partial charge on any atom is -0.435 e. The molecule has 0 heterocycles. The van der Waals surface area contributed by atoms with Crippen LogP contribution in [-0.2, 0) is 4.79 Å². The summed E-state index contributed by atoms with van der Waals surface area (Å²) < 4.78 is 33.3. The smallest absolute Gasteiger partial charge is 0.387 e. The number of amides is 1. The monoisotopic (exact) mass is 333 g/mol. The van der Waals surface area contributed by atoms with Crippen molar-refractivity contribution in [2.24, 2.45) is 5.73 Å². The summed E-state index contributed by atoms with van der Waals surface area (Å²) in [6.45, 7) is -2.89. The highest BCUT2D eigenvalue weighted by molar-refractivity contribution is 5.93. The second-order valence-corrected chi connectivity index (χ2v) is 4.59. The molecule has 2 aromatic carbocycles. The number of carbonyl (C=O) groups is 2. The third-order valence-corrected chi connectivity index (χ3v) is 2.87. The Morgan fingerprint density at radius 2 is 1.54 bits per heavy atom. The molecule has 7 heteroatoms. The Labute approximate surface area is 136 Å². The molecular formula is C17H13F2NO4. The second-order valence-electron chi connectivity index (χ2n) is 4.59. The van der Waals surface area contributed by atoms with Crippen LogP contribution >= 0.6 is 0 Å². The molecule has 0 aliphatic carbocycles. The fourth-order valence-corrected chi connectivity index (χ4v) is 1.76. The molecular weight excluding hydrogens is 320 g/mol. The Morgan fingerprint density at radius 1 is 0.958 bits per heavy atom. The molecule has 0 saturated heterocycles. The summed E-state index contributed by atoms with van der Waals surface area (Å²) in [5.41, 5.74) is 6.02. The summed E-state index contributed by atoms with van der Waals surface area (Å²) in [6, 6.07) is 11.5. The van der Waals surface area contributed by atoms with Crippen molar-refractivity contribution in [3.63, 3.8) is 0 Å². The Balaban J connectivity index is 1.93. The average molecular weight is 333 g/mol. The molecule has 0 aliphatic heterocycles. The zero-order valence-electron chi connectivity index (χ0n) is 12.3. The molecule has 1 amide bonds. The van der Waals surface area contributed by atoms with Gasteiger partial charge in [0, 0.05) is 11.6 Å². The highest BCUT2D eigenvalue weighted by atomic mass is 19.3. The molecule has 0 aliphatic rings. The number of hydrogen-bond acceptors (Lipinski definition) is 4. The third-order valence-electron chi connectivity index (χ3n) is 2.87. The molecule has 0 atom stereocenters. The number of esters is 1. The van der Waals surface area contributed by atoms with Crippen molar-refractivity contribution in [1.82, 2.24) is 0 Å². The quantitative estimate of drug-likeness (QED) is 0.501. The largest absolute Gasteiger partial charge is 0.435 e. The van der Waals surface area contributed by atoms with Crippen LogP contribution in [0.4, 0.5) is 8.78 Å². The number of benzene rings is 2. The van der Waals surface area contributed by atoms with Gasteiger partial charge >= 0.3 is 12.6 Å². The molecule has 2 rings (SSSR count). The van der Waals surface area contributed by atoms with Crippen LogP contribution in [0.3, 0.4) is 0 Å². The Morgan fingerprint density at radius 3 is 2.08 bits per heavy atom. The van der Waals surface area contributed by atoms with Crippen molar-refractivity contribution in [3.05, 3.63) is 65.7 Å². The lowest BCUT2D eigenvalue weighted by atomic mass is 10.2. The molecule has 0 saturated carbocycles. The highest BCUT2D eigenvalue weighted by Gasteiger charge is 2.05. The number of alkyl halides is 2. The first-order chi connectivity index (χ1) is 11.4. The molecule has 0 spiro atoms. The molecule has 0 unspecified atom stereocenters. The summed E-state index contributed by atoms with van der Waals surface area (Å²) in [6.07, 6.45) is 2.65. The van der Waals surface area contributed by atoms with Crippen molar-refractivity contribution in [2.45, 2.75) is 6.61 Å². The molecule has 0 bridgehead atoms. The number of primary amides is 1. The molecule has 2 N–H and O–H groups in total.